The summed E-state index contributed by atoms with van der Waals surface area (Å²) in [4.78, 5) is 11.4. The van der Waals surface area contributed by atoms with E-state index >= 15 is 0 Å². The number of hydrogen-bond donors (Lipinski definition) is 0. The summed E-state index contributed by atoms with van der Waals surface area (Å²) < 4.78 is 7.95. The van der Waals surface area contributed by atoms with Gasteiger partial charge < -0.3 is 0 Å². The molecule has 1 radical (unpaired) electrons. The standard InChI is InChI=1S/C18H21IO2/c1-14(20)21-19(16-8-6-5-7-9-16)17-12-10-15(11-13-17)18(2,3)4/h5-13H,1-4H3/q+1. The van der Waals surface area contributed by atoms with Gasteiger partial charge in [-0.05, 0) is 35.2 Å². The maximum absolute atomic E-state index is 11.4. The molecule has 0 amide bonds. The topological polar surface area (TPSA) is 26.3 Å². The summed E-state index contributed by atoms with van der Waals surface area (Å²) in [6.45, 7) is 8.07. The van der Waals surface area contributed by atoms with E-state index in [2.05, 4.69) is 45.0 Å². The highest BCUT2D eigenvalue weighted by Crippen LogP contribution is 2.20. The lowest BCUT2D eigenvalue weighted by molar-refractivity contribution is -1.04. The average Bonchev–Trinajstić information content (AvgIpc) is 2.45. The van der Waals surface area contributed by atoms with E-state index in [1.807, 2.05) is 30.3 Å². The van der Waals surface area contributed by atoms with Crippen LogP contribution in [0.15, 0.2) is 54.6 Å². The van der Waals surface area contributed by atoms with Crippen molar-refractivity contribution in [1.29, 1.82) is 0 Å². The Labute approximate surface area is 134 Å². The first-order valence-electron chi connectivity index (χ1n) is 6.92. The van der Waals surface area contributed by atoms with E-state index in [-0.39, 0.29) is 11.4 Å². The van der Waals surface area contributed by atoms with Crippen molar-refractivity contribution in [2.24, 2.45) is 0 Å². The van der Waals surface area contributed by atoms with Gasteiger partial charge >= 0.3 is 26.2 Å². The Morgan fingerprint density at radius 2 is 1.43 bits per heavy atom. The predicted octanol–water partition coefficient (Wildman–Crippen LogP) is 1.13. The highest BCUT2D eigenvalue weighted by atomic mass is 127. The molecule has 0 bridgehead atoms. The van der Waals surface area contributed by atoms with Gasteiger partial charge in [0.1, 0.15) is 0 Å². The van der Waals surface area contributed by atoms with Crippen LogP contribution in [0.25, 0.3) is 0 Å². The number of benzene rings is 2. The van der Waals surface area contributed by atoms with Crippen LogP contribution in [0.2, 0.25) is 0 Å². The summed E-state index contributed by atoms with van der Waals surface area (Å²) in [6.07, 6.45) is 0. The zero-order valence-corrected chi connectivity index (χ0v) is 15.0. The molecule has 0 heterocycles. The molecule has 2 aromatic carbocycles. The Morgan fingerprint density at radius 1 is 0.905 bits per heavy atom. The molecule has 0 atom stereocenters. The van der Waals surface area contributed by atoms with Crippen LogP contribution in [-0.4, -0.2) is 5.97 Å². The van der Waals surface area contributed by atoms with Crippen molar-refractivity contribution in [3.8, 4) is 0 Å². The van der Waals surface area contributed by atoms with Crippen molar-refractivity contribution >= 4 is 5.97 Å². The molecule has 0 spiro atoms. The fourth-order valence-electron chi connectivity index (χ4n) is 1.92. The molecule has 0 saturated carbocycles. The van der Waals surface area contributed by atoms with E-state index < -0.39 is 20.2 Å². The predicted molar refractivity (Wildman–Crippen MR) is 80.7 cm³/mol. The second-order valence-electron chi connectivity index (χ2n) is 5.87. The van der Waals surface area contributed by atoms with Crippen molar-refractivity contribution < 1.29 is 28.1 Å². The molecule has 0 fully saturated rings. The van der Waals surface area contributed by atoms with E-state index in [0.29, 0.717) is 0 Å². The van der Waals surface area contributed by atoms with Crippen LogP contribution >= 0.6 is 0 Å². The maximum Gasteiger partial charge on any atom is 0.358 e. The van der Waals surface area contributed by atoms with Crippen LogP contribution in [0.4, 0.5) is 0 Å². The van der Waals surface area contributed by atoms with E-state index in [1.54, 1.807) is 0 Å². The minimum Gasteiger partial charge on any atom is -0.247 e. The van der Waals surface area contributed by atoms with Crippen LogP contribution in [0.5, 0.6) is 0 Å². The van der Waals surface area contributed by atoms with E-state index in [4.69, 9.17) is 3.07 Å². The molecule has 0 aliphatic carbocycles. The quantitative estimate of drug-likeness (QED) is 0.728. The molecule has 0 aliphatic rings. The van der Waals surface area contributed by atoms with Gasteiger partial charge in [0.2, 0.25) is 0 Å². The summed E-state index contributed by atoms with van der Waals surface area (Å²) in [5.74, 6) is -0.205. The SMILES string of the molecule is CC(=O)O[I+](c1ccccc1)c1ccc(C(C)(C)C)cc1. The Hall–Kier alpha value is -1.36. The molecule has 2 rings (SSSR count). The fraction of sp³-hybridized carbons (Fsp3) is 0.278. The molecule has 0 unspecified atom stereocenters. The first-order valence-corrected chi connectivity index (χ1v) is 9.96. The van der Waals surface area contributed by atoms with Crippen molar-refractivity contribution in [3.05, 3.63) is 67.3 Å². The second kappa shape index (κ2) is 6.60. The lowest BCUT2D eigenvalue weighted by Gasteiger charge is -2.18. The van der Waals surface area contributed by atoms with E-state index in [0.717, 1.165) is 7.14 Å². The van der Waals surface area contributed by atoms with Gasteiger partial charge in [0.15, 0.2) is 7.14 Å². The van der Waals surface area contributed by atoms with Gasteiger partial charge in [-0.15, -0.1) is 0 Å². The summed E-state index contributed by atoms with van der Waals surface area (Å²) in [5, 5.41) is 0. The molecular weight excluding hydrogens is 375 g/mol. The highest BCUT2D eigenvalue weighted by Gasteiger charge is 2.32. The molecular formula is C18H21IO2+. The van der Waals surface area contributed by atoms with Gasteiger partial charge in [-0.25, -0.2) is 7.86 Å². The third-order valence-electron chi connectivity index (χ3n) is 3.03. The average molecular weight is 396 g/mol. The Kier molecular flexibility index (Phi) is 5.04. The van der Waals surface area contributed by atoms with Crippen LogP contribution in [0, 0.1) is 7.14 Å². The molecule has 2 nitrogen and oxygen atoms in total. The summed E-state index contributed by atoms with van der Waals surface area (Å²) in [6, 6.07) is 18.6. The Balaban J connectivity index is 2.36. The molecule has 21 heavy (non-hydrogen) atoms. The first kappa shape index (κ1) is 16.0. The monoisotopic (exact) mass is 396 g/mol. The zero-order valence-electron chi connectivity index (χ0n) is 12.9. The fourth-order valence-corrected chi connectivity index (χ4v) is 5.85. The van der Waals surface area contributed by atoms with E-state index in [9.17, 15) is 4.79 Å². The van der Waals surface area contributed by atoms with Crippen molar-refractivity contribution in [2.75, 3.05) is 0 Å². The van der Waals surface area contributed by atoms with Gasteiger partial charge in [0.25, 0.3) is 0 Å². The molecule has 2 aromatic rings. The van der Waals surface area contributed by atoms with Crippen LogP contribution in [0.1, 0.15) is 33.3 Å². The largest absolute Gasteiger partial charge is 0.358 e. The van der Waals surface area contributed by atoms with Crippen LogP contribution < -0.4 is 20.2 Å². The normalized spacial score (nSPS) is 11.5. The molecule has 0 N–H and O–H groups in total. The maximum atomic E-state index is 11.4. The van der Waals surface area contributed by atoms with Gasteiger partial charge in [-0.3, -0.25) is 0 Å². The number of carbonyl (C=O) groups excluding carboxylic acids is 1. The minimum absolute atomic E-state index is 0.131. The smallest absolute Gasteiger partial charge is 0.247 e. The van der Waals surface area contributed by atoms with Gasteiger partial charge in [0, 0.05) is 6.92 Å². The van der Waals surface area contributed by atoms with Crippen LogP contribution in [0.3, 0.4) is 0 Å². The van der Waals surface area contributed by atoms with Gasteiger partial charge in [0.05, 0.1) is 0 Å². The molecule has 0 saturated heterocycles. The molecule has 3 heteroatoms. The lowest BCUT2D eigenvalue weighted by Crippen LogP contribution is -3.85. The second-order valence-corrected chi connectivity index (χ2v) is 10.2. The number of rotatable bonds is 3. The number of halogens is 1. The number of carbonyl (C=O) groups is 1. The van der Waals surface area contributed by atoms with Crippen LogP contribution in [-0.2, 0) is 13.3 Å². The number of hydrogen-bond acceptors (Lipinski definition) is 2. The van der Waals surface area contributed by atoms with Gasteiger partial charge in [-0.1, -0.05) is 51.1 Å². The first-order chi connectivity index (χ1) is 9.88. The van der Waals surface area contributed by atoms with Crippen molar-refractivity contribution in [2.45, 2.75) is 33.1 Å². The highest BCUT2D eigenvalue weighted by molar-refractivity contribution is 5.65. The van der Waals surface area contributed by atoms with E-state index in [1.165, 1.54) is 12.5 Å². The van der Waals surface area contributed by atoms with Crippen molar-refractivity contribution in [3.63, 3.8) is 0 Å². The Bertz CT molecular complexity index is 597. The molecule has 0 aliphatic heterocycles. The van der Waals surface area contributed by atoms with Gasteiger partial charge in [-0.2, -0.15) is 0 Å². The third-order valence-corrected chi connectivity index (χ3v) is 7.79. The lowest BCUT2D eigenvalue weighted by atomic mass is 9.87. The molecule has 111 valence electrons. The summed E-state index contributed by atoms with van der Waals surface area (Å²) in [5.41, 5.74) is 1.42. The summed E-state index contributed by atoms with van der Waals surface area (Å²) >= 11 is -2.14. The molecule has 0 aromatic heterocycles. The third kappa shape index (κ3) is 4.30. The summed E-state index contributed by atoms with van der Waals surface area (Å²) in [7, 11) is 0. The Morgan fingerprint density at radius 3 is 1.90 bits per heavy atom. The van der Waals surface area contributed by atoms with Crippen molar-refractivity contribution in [1.82, 2.24) is 0 Å². The minimum atomic E-state index is -2.14. The zero-order chi connectivity index (χ0) is 15.5.